The third-order valence-electron chi connectivity index (χ3n) is 6.59. The number of aryl methyl sites for hydroxylation is 2. The van der Waals surface area contributed by atoms with Gasteiger partial charge in [-0.1, -0.05) is 72.1 Å². The molecule has 0 spiro atoms. The van der Waals surface area contributed by atoms with Crippen LogP contribution in [0.1, 0.15) is 43.9 Å². The van der Waals surface area contributed by atoms with Crippen molar-refractivity contribution in [2.45, 2.75) is 64.6 Å². The maximum absolute atomic E-state index is 13.9. The summed E-state index contributed by atoms with van der Waals surface area (Å²) >= 11 is 6.21. The Morgan fingerprint density at radius 2 is 1.59 bits per heavy atom. The first-order valence-corrected chi connectivity index (χ1v) is 14.7. The molecule has 2 atom stereocenters. The summed E-state index contributed by atoms with van der Waals surface area (Å²) in [5.74, 6) is -0.819. The maximum atomic E-state index is 13.9. The minimum absolute atomic E-state index is 0.0497. The van der Waals surface area contributed by atoms with E-state index in [4.69, 9.17) is 11.6 Å². The molecule has 9 heteroatoms. The van der Waals surface area contributed by atoms with Gasteiger partial charge in [0, 0.05) is 17.6 Å². The van der Waals surface area contributed by atoms with Crippen molar-refractivity contribution in [2.75, 3.05) is 10.8 Å². The van der Waals surface area contributed by atoms with Gasteiger partial charge in [-0.15, -0.1) is 0 Å². The summed E-state index contributed by atoms with van der Waals surface area (Å²) in [4.78, 5) is 28.5. The summed E-state index contributed by atoms with van der Waals surface area (Å²) < 4.78 is 28.7. The van der Waals surface area contributed by atoms with Crippen LogP contribution in [0.3, 0.4) is 0 Å². The molecule has 0 aliphatic rings. The average molecular weight is 570 g/mol. The molecule has 0 aliphatic carbocycles. The minimum Gasteiger partial charge on any atom is -0.352 e. The molecule has 0 unspecified atom stereocenters. The third-order valence-corrected chi connectivity index (χ3v) is 8.61. The Labute approximate surface area is 236 Å². The first-order chi connectivity index (χ1) is 18.4. The molecule has 0 fully saturated rings. The zero-order valence-corrected chi connectivity index (χ0v) is 24.6. The van der Waals surface area contributed by atoms with Gasteiger partial charge < -0.3 is 10.2 Å². The molecule has 0 bridgehead atoms. The second kappa shape index (κ2) is 13.1. The zero-order chi connectivity index (χ0) is 28.7. The number of carbonyl (C=O) groups excluding carboxylic acids is 2. The Kier molecular flexibility index (Phi) is 10.2. The van der Waals surface area contributed by atoms with E-state index in [0.717, 1.165) is 27.4 Å². The smallest absolute Gasteiger partial charge is 0.264 e. The van der Waals surface area contributed by atoms with E-state index in [1.807, 2.05) is 52.0 Å². The van der Waals surface area contributed by atoms with Crippen molar-refractivity contribution >= 4 is 39.1 Å². The predicted molar refractivity (Wildman–Crippen MR) is 156 cm³/mol. The van der Waals surface area contributed by atoms with Gasteiger partial charge in [-0.2, -0.15) is 0 Å². The summed E-state index contributed by atoms with van der Waals surface area (Å²) in [6, 6.07) is 19.5. The van der Waals surface area contributed by atoms with Gasteiger partial charge >= 0.3 is 0 Å². The van der Waals surface area contributed by atoms with Crippen LogP contribution in [-0.2, 0) is 26.2 Å². The quantitative estimate of drug-likeness (QED) is 0.331. The van der Waals surface area contributed by atoms with Gasteiger partial charge in [0.15, 0.2) is 0 Å². The van der Waals surface area contributed by atoms with E-state index in [1.165, 1.54) is 23.1 Å². The highest BCUT2D eigenvalue weighted by Gasteiger charge is 2.32. The van der Waals surface area contributed by atoms with Gasteiger partial charge in [-0.3, -0.25) is 13.9 Å². The number of nitrogens with one attached hydrogen (secondary N) is 1. The van der Waals surface area contributed by atoms with Crippen molar-refractivity contribution in [3.8, 4) is 0 Å². The van der Waals surface area contributed by atoms with Crippen LogP contribution < -0.4 is 9.62 Å². The lowest BCUT2D eigenvalue weighted by Gasteiger charge is -2.32. The lowest BCUT2D eigenvalue weighted by Crippen LogP contribution is -2.52. The predicted octanol–water partition coefficient (Wildman–Crippen LogP) is 5.48. The summed E-state index contributed by atoms with van der Waals surface area (Å²) in [6.07, 6.45) is 0.738. The highest BCUT2D eigenvalue weighted by atomic mass is 35.5. The van der Waals surface area contributed by atoms with E-state index in [1.54, 1.807) is 37.3 Å². The normalized spacial score (nSPS) is 12.9. The molecule has 0 saturated carbocycles. The first-order valence-electron chi connectivity index (χ1n) is 12.9. The average Bonchev–Trinajstić information content (AvgIpc) is 2.89. The molecular formula is C30H36ClN3O4S. The van der Waals surface area contributed by atoms with Gasteiger partial charge in [-0.05, 0) is 70.0 Å². The molecule has 3 aromatic rings. The number of anilines is 1. The Balaban J connectivity index is 2.03. The highest BCUT2D eigenvalue weighted by molar-refractivity contribution is 7.92. The topological polar surface area (TPSA) is 86.8 Å². The Hall–Kier alpha value is -3.36. The molecule has 1 N–H and O–H groups in total. The molecule has 3 rings (SSSR count). The molecule has 3 aromatic carbocycles. The Morgan fingerprint density at radius 1 is 0.923 bits per heavy atom. The van der Waals surface area contributed by atoms with Gasteiger partial charge in [0.1, 0.15) is 12.6 Å². The van der Waals surface area contributed by atoms with Gasteiger partial charge in [-0.25, -0.2) is 8.42 Å². The van der Waals surface area contributed by atoms with E-state index in [9.17, 15) is 18.0 Å². The lowest BCUT2D eigenvalue weighted by molar-refractivity contribution is -0.139. The number of amides is 2. The number of benzene rings is 3. The van der Waals surface area contributed by atoms with E-state index >= 15 is 0 Å². The van der Waals surface area contributed by atoms with Crippen LogP contribution in [0.15, 0.2) is 77.7 Å². The zero-order valence-electron chi connectivity index (χ0n) is 23.0. The van der Waals surface area contributed by atoms with Crippen LogP contribution in [0.5, 0.6) is 0 Å². The summed E-state index contributed by atoms with van der Waals surface area (Å²) in [6.45, 7) is 8.96. The summed E-state index contributed by atoms with van der Waals surface area (Å²) in [5, 5.41) is 3.27. The lowest BCUT2D eigenvalue weighted by atomic mass is 10.1. The van der Waals surface area contributed by atoms with Crippen LogP contribution in [-0.4, -0.2) is 43.8 Å². The highest BCUT2D eigenvalue weighted by Crippen LogP contribution is 2.27. The summed E-state index contributed by atoms with van der Waals surface area (Å²) in [7, 11) is -4.14. The molecular weight excluding hydrogens is 534 g/mol. The van der Waals surface area contributed by atoms with Crippen LogP contribution >= 0.6 is 11.6 Å². The second-order valence-corrected chi connectivity index (χ2v) is 12.1. The van der Waals surface area contributed by atoms with Crippen LogP contribution in [0.2, 0.25) is 5.02 Å². The Bertz CT molecular complexity index is 1410. The summed E-state index contributed by atoms with van der Waals surface area (Å²) in [5.41, 5.74) is 3.01. The van der Waals surface area contributed by atoms with Crippen molar-refractivity contribution in [1.82, 2.24) is 10.2 Å². The fourth-order valence-corrected chi connectivity index (χ4v) is 5.64. The minimum atomic E-state index is -4.14. The molecule has 0 heterocycles. The van der Waals surface area contributed by atoms with E-state index in [-0.39, 0.29) is 29.1 Å². The fourth-order valence-electron chi connectivity index (χ4n) is 4.05. The van der Waals surface area contributed by atoms with Crippen molar-refractivity contribution < 1.29 is 18.0 Å². The molecule has 0 aromatic heterocycles. The molecule has 0 aliphatic heterocycles. The SMILES string of the molecule is CC[C@H](C)NC(=O)[C@H](C)N(Cc1cccc(C)c1)C(=O)CN(c1cccc(Cl)c1)S(=O)(=O)c1ccc(C)cc1. The van der Waals surface area contributed by atoms with Crippen LogP contribution in [0.25, 0.3) is 0 Å². The molecule has 208 valence electrons. The number of carbonyl (C=O) groups is 2. The number of hydrogen-bond donors (Lipinski definition) is 1. The van der Waals surface area contributed by atoms with Crippen LogP contribution in [0.4, 0.5) is 5.69 Å². The molecule has 2 amide bonds. The molecule has 0 saturated heterocycles. The molecule has 39 heavy (non-hydrogen) atoms. The fraction of sp³-hybridized carbons (Fsp3) is 0.333. The third kappa shape index (κ3) is 7.83. The molecule has 7 nitrogen and oxygen atoms in total. The van der Waals surface area contributed by atoms with Crippen molar-refractivity contribution in [3.05, 3.63) is 94.5 Å². The largest absolute Gasteiger partial charge is 0.352 e. The monoisotopic (exact) mass is 569 g/mol. The first kappa shape index (κ1) is 30.2. The number of rotatable bonds is 11. The van der Waals surface area contributed by atoms with E-state index in [2.05, 4.69) is 5.32 Å². The Morgan fingerprint density at radius 3 is 2.21 bits per heavy atom. The maximum Gasteiger partial charge on any atom is 0.264 e. The standard InChI is InChI=1S/C30H36ClN3O4S/c1-6-23(4)32-30(36)24(5)33(19-25-10-7-9-22(3)17-25)29(35)20-34(27-12-8-11-26(31)18-27)39(37,38)28-15-13-21(2)14-16-28/h7-18,23-24H,6,19-20H2,1-5H3,(H,32,36)/t23-,24-/m0/s1. The van der Waals surface area contributed by atoms with Crippen LogP contribution in [0, 0.1) is 13.8 Å². The van der Waals surface area contributed by atoms with Gasteiger partial charge in [0.25, 0.3) is 10.0 Å². The van der Waals surface area contributed by atoms with Crippen molar-refractivity contribution in [1.29, 1.82) is 0 Å². The second-order valence-electron chi connectivity index (χ2n) is 9.81. The van der Waals surface area contributed by atoms with E-state index < -0.39 is 28.5 Å². The molecule has 0 radical (unpaired) electrons. The van der Waals surface area contributed by atoms with E-state index in [0.29, 0.717) is 5.02 Å². The van der Waals surface area contributed by atoms with Gasteiger partial charge in [0.05, 0.1) is 10.6 Å². The number of hydrogen-bond acceptors (Lipinski definition) is 4. The van der Waals surface area contributed by atoms with Crippen molar-refractivity contribution in [2.24, 2.45) is 0 Å². The number of nitrogens with zero attached hydrogens (tertiary/aromatic N) is 2. The number of sulfonamides is 1. The van der Waals surface area contributed by atoms with Gasteiger partial charge in [0.2, 0.25) is 11.8 Å². The number of halogens is 1. The van der Waals surface area contributed by atoms with Crippen molar-refractivity contribution in [3.63, 3.8) is 0 Å².